The summed E-state index contributed by atoms with van der Waals surface area (Å²) in [6, 6.07) is 10.6. The third kappa shape index (κ3) is 1.79. The third-order valence-electron chi connectivity index (χ3n) is 4.52. The number of benzene rings is 2. The van der Waals surface area contributed by atoms with E-state index in [1.54, 1.807) is 0 Å². The van der Waals surface area contributed by atoms with E-state index in [9.17, 15) is 5.11 Å². The molecule has 0 atom stereocenters. The zero-order valence-electron chi connectivity index (χ0n) is 12.9. The molecule has 1 nitrogen and oxygen atoms in total. The summed E-state index contributed by atoms with van der Waals surface area (Å²) in [5, 5.41) is 13.1. The zero-order chi connectivity index (χ0) is 15.3. The van der Waals surface area contributed by atoms with Gasteiger partial charge in [-0.2, -0.15) is 0 Å². The predicted octanol–water partition coefficient (Wildman–Crippen LogP) is 3.74. The number of hydrogen-bond donors (Lipinski definition) is 1. The Morgan fingerprint density at radius 3 is 2.64 bits per heavy atom. The molecule has 1 N–H and O–H groups in total. The average molecular weight is 286 g/mol. The van der Waals surface area contributed by atoms with Gasteiger partial charge in [0.25, 0.3) is 0 Å². The Hall–Kier alpha value is -2.54. The van der Waals surface area contributed by atoms with Crippen molar-refractivity contribution in [3.63, 3.8) is 0 Å². The lowest BCUT2D eigenvalue weighted by atomic mass is 9.94. The van der Waals surface area contributed by atoms with Crippen molar-refractivity contribution in [3.05, 3.63) is 70.1 Å². The van der Waals surface area contributed by atoms with E-state index in [4.69, 9.17) is 0 Å². The lowest BCUT2D eigenvalue weighted by Gasteiger charge is -2.11. The van der Waals surface area contributed by atoms with E-state index in [1.165, 1.54) is 22.3 Å². The van der Waals surface area contributed by atoms with E-state index in [0.29, 0.717) is 5.75 Å². The largest absolute Gasteiger partial charge is 0.507 e. The van der Waals surface area contributed by atoms with Crippen LogP contribution in [0.15, 0.2) is 48.6 Å². The van der Waals surface area contributed by atoms with Crippen LogP contribution in [0.1, 0.15) is 31.4 Å². The van der Waals surface area contributed by atoms with Gasteiger partial charge in [-0.1, -0.05) is 48.1 Å². The predicted molar refractivity (Wildman–Crippen MR) is 92.8 cm³/mol. The van der Waals surface area contributed by atoms with Crippen LogP contribution in [-0.4, -0.2) is 5.11 Å². The molecule has 0 heterocycles. The summed E-state index contributed by atoms with van der Waals surface area (Å²) < 4.78 is 0. The van der Waals surface area contributed by atoms with Crippen molar-refractivity contribution in [2.24, 2.45) is 0 Å². The monoisotopic (exact) mass is 286 g/mol. The molecule has 4 rings (SSSR count). The summed E-state index contributed by atoms with van der Waals surface area (Å²) in [5.74, 6) is 0.417. The van der Waals surface area contributed by atoms with Crippen molar-refractivity contribution in [3.8, 4) is 16.9 Å². The van der Waals surface area contributed by atoms with E-state index in [-0.39, 0.29) is 0 Å². The molecular weight excluding hydrogens is 268 g/mol. The van der Waals surface area contributed by atoms with Crippen LogP contribution in [0, 0.1) is 0 Å². The van der Waals surface area contributed by atoms with Gasteiger partial charge in [-0.25, -0.2) is 0 Å². The molecule has 0 amide bonds. The van der Waals surface area contributed by atoms with Crippen molar-refractivity contribution in [2.75, 3.05) is 0 Å². The number of fused-ring (bicyclic) bond motifs is 3. The summed E-state index contributed by atoms with van der Waals surface area (Å²) in [6.07, 6.45) is 9.29. The van der Waals surface area contributed by atoms with Crippen molar-refractivity contribution >= 4 is 17.2 Å². The van der Waals surface area contributed by atoms with Gasteiger partial charge in [-0.05, 0) is 59.9 Å². The Morgan fingerprint density at radius 1 is 1.09 bits per heavy atom. The smallest absolute Gasteiger partial charge is 0.131 e. The second kappa shape index (κ2) is 4.74. The quantitative estimate of drug-likeness (QED) is 0.722. The summed E-state index contributed by atoms with van der Waals surface area (Å²) in [7, 11) is 0. The molecule has 2 aliphatic rings. The zero-order valence-corrected chi connectivity index (χ0v) is 12.9. The maximum absolute atomic E-state index is 11.0. The number of phenolic OH excluding ortho intramolecular Hbond substituents is 1. The molecule has 2 aromatic rings. The number of aromatic hydroxyl groups is 1. The Morgan fingerprint density at radius 2 is 1.91 bits per heavy atom. The molecule has 0 saturated heterocycles. The molecule has 0 spiro atoms. The van der Waals surface area contributed by atoms with Crippen LogP contribution in [0.2, 0.25) is 0 Å². The van der Waals surface area contributed by atoms with Gasteiger partial charge >= 0.3 is 0 Å². The molecule has 1 heteroatoms. The number of hydrogen-bond acceptors (Lipinski definition) is 1. The van der Waals surface area contributed by atoms with E-state index in [1.807, 2.05) is 6.07 Å². The molecule has 2 aliphatic carbocycles. The molecule has 22 heavy (non-hydrogen) atoms. The third-order valence-corrected chi connectivity index (χ3v) is 4.52. The topological polar surface area (TPSA) is 20.2 Å². The number of phenols is 1. The highest BCUT2D eigenvalue weighted by molar-refractivity contribution is 5.88. The molecule has 0 saturated carbocycles. The molecule has 0 aromatic heterocycles. The van der Waals surface area contributed by atoms with Gasteiger partial charge < -0.3 is 5.11 Å². The van der Waals surface area contributed by atoms with Crippen molar-refractivity contribution in [1.82, 2.24) is 0 Å². The van der Waals surface area contributed by atoms with Crippen LogP contribution in [0.3, 0.4) is 0 Å². The van der Waals surface area contributed by atoms with Gasteiger partial charge in [0.1, 0.15) is 5.75 Å². The van der Waals surface area contributed by atoms with Crippen molar-refractivity contribution < 1.29 is 5.11 Å². The van der Waals surface area contributed by atoms with Gasteiger partial charge in [-0.3, -0.25) is 0 Å². The van der Waals surface area contributed by atoms with Crippen LogP contribution in [0.5, 0.6) is 5.75 Å². The highest BCUT2D eigenvalue weighted by Crippen LogP contribution is 2.32. The van der Waals surface area contributed by atoms with E-state index in [2.05, 4.69) is 62.4 Å². The summed E-state index contributed by atoms with van der Waals surface area (Å²) in [4.78, 5) is 0. The highest BCUT2D eigenvalue weighted by Gasteiger charge is 2.20. The van der Waals surface area contributed by atoms with E-state index < -0.39 is 0 Å². The first-order valence-electron chi connectivity index (χ1n) is 7.67. The molecule has 0 radical (unpaired) electrons. The van der Waals surface area contributed by atoms with E-state index in [0.717, 1.165) is 28.0 Å². The molecule has 2 aromatic carbocycles. The molecule has 0 fully saturated rings. The Bertz CT molecular complexity index is 968. The minimum atomic E-state index is 0.417. The van der Waals surface area contributed by atoms with Gasteiger partial charge in [0.15, 0.2) is 0 Å². The van der Waals surface area contributed by atoms with Crippen LogP contribution >= 0.6 is 0 Å². The van der Waals surface area contributed by atoms with Gasteiger partial charge in [0.2, 0.25) is 0 Å². The Kier molecular flexibility index (Phi) is 2.83. The number of allylic oxidation sites excluding steroid dienone is 4. The Labute approximate surface area is 130 Å². The van der Waals surface area contributed by atoms with Gasteiger partial charge in [0, 0.05) is 10.8 Å². The first kappa shape index (κ1) is 13.1. The average Bonchev–Trinajstić information content (AvgIpc) is 3.14. The minimum Gasteiger partial charge on any atom is -0.507 e. The second-order valence-electron chi connectivity index (χ2n) is 6.16. The highest BCUT2D eigenvalue weighted by atomic mass is 16.3. The van der Waals surface area contributed by atoms with Gasteiger partial charge in [-0.15, -0.1) is 0 Å². The van der Waals surface area contributed by atoms with Crippen molar-refractivity contribution in [1.29, 1.82) is 0 Å². The molecule has 0 aliphatic heterocycles. The summed E-state index contributed by atoms with van der Waals surface area (Å²) in [6.45, 7) is 4.22. The fourth-order valence-corrected chi connectivity index (χ4v) is 3.43. The lowest BCUT2D eigenvalue weighted by molar-refractivity contribution is 0.469. The van der Waals surface area contributed by atoms with Crippen LogP contribution < -0.4 is 10.4 Å². The molecule has 108 valence electrons. The maximum atomic E-state index is 11.0. The molecular formula is C21H18O. The summed E-state index contributed by atoms with van der Waals surface area (Å²) >= 11 is 0. The molecule has 0 unspecified atom stereocenters. The van der Waals surface area contributed by atoms with Crippen LogP contribution in [0.4, 0.5) is 0 Å². The first-order valence-corrected chi connectivity index (χ1v) is 7.67. The normalized spacial score (nSPS) is 14.4. The van der Waals surface area contributed by atoms with Crippen molar-refractivity contribution in [2.45, 2.75) is 20.3 Å². The second-order valence-corrected chi connectivity index (χ2v) is 6.16. The number of rotatable bonds is 1. The van der Waals surface area contributed by atoms with Crippen LogP contribution in [-0.2, 0) is 0 Å². The SMILES string of the molecule is CC(C)=c1cc2c(c(O)c1C1=CC=CC1)=Cc1ccccc1-2. The first-order chi connectivity index (χ1) is 10.7. The standard InChI is InChI=1S/C21H18O/c1-13(2)17-12-18-16-10-6-5-9-15(16)11-19(18)21(22)20(17)14-7-3-4-8-14/h3-7,9-12,22H,8H2,1-2H3. The van der Waals surface area contributed by atoms with E-state index >= 15 is 0 Å². The maximum Gasteiger partial charge on any atom is 0.131 e. The summed E-state index contributed by atoms with van der Waals surface area (Å²) in [5.41, 5.74) is 6.95. The lowest BCUT2D eigenvalue weighted by Crippen LogP contribution is -2.18. The van der Waals surface area contributed by atoms with Crippen LogP contribution in [0.25, 0.3) is 28.3 Å². The minimum absolute atomic E-state index is 0.417. The Balaban J connectivity index is 2.12. The van der Waals surface area contributed by atoms with Gasteiger partial charge in [0.05, 0.1) is 0 Å². The fraction of sp³-hybridized carbons (Fsp3) is 0.143. The fourth-order valence-electron chi connectivity index (χ4n) is 3.43. The molecule has 0 bridgehead atoms.